The van der Waals surface area contributed by atoms with Gasteiger partial charge in [0, 0.05) is 45.3 Å². The van der Waals surface area contributed by atoms with Crippen LogP contribution in [0.3, 0.4) is 0 Å². The molecule has 1 unspecified atom stereocenters. The maximum Gasteiger partial charge on any atom is 0.245 e. The highest BCUT2D eigenvalue weighted by Crippen LogP contribution is 2.20. The molecule has 2 aliphatic heterocycles. The Balaban J connectivity index is 1.45. The molecule has 0 bridgehead atoms. The second-order valence-electron chi connectivity index (χ2n) is 7.03. The van der Waals surface area contributed by atoms with Gasteiger partial charge in [0.1, 0.15) is 11.9 Å². The third-order valence-electron chi connectivity index (χ3n) is 5.12. The highest BCUT2D eigenvalue weighted by molar-refractivity contribution is 5.92. The quantitative estimate of drug-likeness (QED) is 0.848. The average molecular weight is 376 g/mol. The molecule has 146 valence electrons. The Labute approximate surface area is 158 Å². The number of likely N-dealkylation sites (tertiary alicyclic amines) is 1. The first-order valence-electron chi connectivity index (χ1n) is 9.28. The van der Waals surface area contributed by atoms with Crippen LogP contribution in [0, 0.1) is 5.82 Å². The van der Waals surface area contributed by atoms with Crippen LogP contribution in [-0.4, -0.2) is 77.7 Å². The molecule has 1 atom stereocenters. The molecular weight excluding hydrogens is 351 g/mol. The second-order valence-corrected chi connectivity index (χ2v) is 7.03. The van der Waals surface area contributed by atoms with Gasteiger partial charge in [-0.25, -0.2) is 4.39 Å². The molecule has 0 saturated carbocycles. The summed E-state index contributed by atoms with van der Waals surface area (Å²) in [5.74, 6) is -0.556. The summed E-state index contributed by atoms with van der Waals surface area (Å²) in [7, 11) is 0. The molecule has 3 rings (SSSR count). The Morgan fingerprint density at radius 3 is 2.37 bits per heavy atom. The van der Waals surface area contributed by atoms with Crippen LogP contribution in [0.2, 0.25) is 0 Å². The predicted octanol–water partition coefficient (Wildman–Crippen LogP) is 0.919. The van der Waals surface area contributed by atoms with Gasteiger partial charge in [0.15, 0.2) is 0 Å². The van der Waals surface area contributed by atoms with Crippen LogP contribution in [-0.2, 0) is 14.4 Å². The van der Waals surface area contributed by atoms with Crippen molar-refractivity contribution in [1.82, 2.24) is 14.7 Å². The van der Waals surface area contributed by atoms with Crippen LogP contribution in [0.5, 0.6) is 0 Å². The highest BCUT2D eigenvalue weighted by atomic mass is 19.1. The van der Waals surface area contributed by atoms with Gasteiger partial charge in [0.2, 0.25) is 17.7 Å². The van der Waals surface area contributed by atoms with Gasteiger partial charge in [0.05, 0.1) is 6.54 Å². The van der Waals surface area contributed by atoms with E-state index >= 15 is 0 Å². The van der Waals surface area contributed by atoms with Crippen LogP contribution in [0.1, 0.15) is 19.8 Å². The lowest BCUT2D eigenvalue weighted by Gasteiger charge is -2.36. The predicted molar refractivity (Wildman–Crippen MR) is 98.5 cm³/mol. The first-order valence-corrected chi connectivity index (χ1v) is 9.28. The van der Waals surface area contributed by atoms with Gasteiger partial charge in [-0.15, -0.1) is 0 Å². The Bertz CT molecular complexity index is 701. The van der Waals surface area contributed by atoms with E-state index in [0.717, 1.165) is 12.8 Å². The fourth-order valence-electron chi connectivity index (χ4n) is 3.67. The monoisotopic (exact) mass is 376 g/mol. The summed E-state index contributed by atoms with van der Waals surface area (Å²) in [6.45, 7) is 4.68. The number of halogens is 1. The number of nitrogens with zero attached hydrogens (tertiary/aromatic N) is 3. The zero-order valence-corrected chi connectivity index (χ0v) is 15.5. The first kappa shape index (κ1) is 19.3. The third kappa shape index (κ3) is 4.82. The smallest absolute Gasteiger partial charge is 0.245 e. The molecule has 2 fully saturated rings. The number of carbonyl (C=O) groups excluding carboxylic acids is 3. The number of nitrogens with one attached hydrogen (secondary N) is 1. The van der Waals surface area contributed by atoms with E-state index in [1.165, 1.54) is 31.2 Å². The Hall–Kier alpha value is -2.48. The van der Waals surface area contributed by atoms with Crippen molar-refractivity contribution in [2.45, 2.75) is 25.8 Å². The largest absolute Gasteiger partial charge is 0.338 e. The van der Waals surface area contributed by atoms with Crippen molar-refractivity contribution < 1.29 is 18.8 Å². The second kappa shape index (κ2) is 8.47. The lowest BCUT2D eigenvalue weighted by atomic mass is 10.1. The maximum absolute atomic E-state index is 12.9. The fourth-order valence-corrected chi connectivity index (χ4v) is 3.67. The van der Waals surface area contributed by atoms with E-state index < -0.39 is 0 Å². The van der Waals surface area contributed by atoms with Crippen molar-refractivity contribution in [3.05, 3.63) is 30.1 Å². The molecule has 8 heteroatoms. The number of benzene rings is 1. The van der Waals surface area contributed by atoms with Crippen molar-refractivity contribution in [2.75, 3.05) is 44.6 Å². The number of piperazine rings is 1. The molecule has 0 aliphatic carbocycles. The van der Waals surface area contributed by atoms with E-state index in [-0.39, 0.29) is 36.1 Å². The van der Waals surface area contributed by atoms with Crippen molar-refractivity contribution in [3.8, 4) is 0 Å². The van der Waals surface area contributed by atoms with Crippen LogP contribution >= 0.6 is 0 Å². The molecule has 2 saturated heterocycles. The Kier molecular flexibility index (Phi) is 6.05. The molecule has 2 aliphatic rings. The van der Waals surface area contributed by atoms with Crippen molar-refractivity contribution in [2.24, 2.45) is 0 Å². The first-order chi connectivity index (χ1) is 12.9. The Morgan fingerprint density at radius 1 is 1.07 bits per heavy atom. The van der Waals surface area contributed by atoms with Gasteiger partial charge in [-0.05, 0) is 37.1 Å². The number of carbonyl (C=O) groups is 3. The van der Waals surface area contributed by atoms with Gasteiger partial charge < -0.3 is 15.1 Å². The fraction of sp³-hybridized carbons (Fsp3) is 0.526. The molecule has 27 heavy (non-hydrogen) atoms. The topological polar surface area (TPSA) is 73.0 Å². The highest BCUT2D eigenvalue weighted by Gasteiger charge is 2.36. The molecule has 1 aromatic rings. The summed E-state index contributed by atoms with van der Waals surface area (Å²) in [6, 6.07) is 5.30. The molecule has 0 spiro atoms. The van der Waals surface area contributed by atoms with Crippen molar-refractivity contribution >= 4 is 23.4 Å². The molecule has 1 N–H and O–H groups in total. The molecule has 1 aromatic carbocycles. The van der Waals surface area contributed by atoms with E-state index in [0.29, 0.717) is 38.4 Å². The number of rotatable bonds is 4. The van der Waals surface area contributed by atoms with Crippen LogP contribution < -0.4 is 5.32 Å². The van der Waals surface area contributed by atoms with E-state index in [4.69, 9.17) is 0 Å². The third-order valence-corrected chi connectivity index (χ3v) is 5.12. The van der Waals surface area contributed by atoms with E-state index in [9.17, 15) is 18.8 Å². The summed E-state index contributed by atoms with van der Waals surface area (Å²) in [5.41, 5.74) is 0.556. The number of hydrogen-bond donors (Lipinski definition) is 1. The van der Waals surface area contributed by atoms with Crippen molar-refractivity contribution in [1.29, 1.82) is 0 Å². The van der Waals surface area contributed by atoms with Gasteiger partial charge in [-0.2, -0.15) is 0 Å². The Morgan fingerprint density at radius 2 is 1.74 bits per heavy atom. The lowest BCUT2D eigenvalue weighted by Crippen LogP contribution is -2.55. The van der Waals surface area contributed by atoms with Crippen LogP contribution in [0.15, 0.2) is 24.3 Å². The zero-order chi connectivity index (χ0) is 19.4. The lowest BCUT2D eigenvalue weighted by molar-refractivity contribution is -0.144. The normalized spacial score (nSPS) is 20.6. The summed E-state index contributed by atoms with van der Waals surface area (Å²) in [5, 5.41) is 2.74. The maximum atomic E-state index is 12.9. The SMILES string of the molecule is CC(=O)N1CCCC1C(=O)N1CCN(CC(=O)Nc2ccc(F)cc2)CC1. The standard InChI is InChI=1S/C19H25FN4O3/c1-14(25)24-8-2-3-17(24)19(27)23-11-9-22(10-12-23)13-18(26)21-16-6-4-15(20)5-7-16/h4-7,17H,2-3,8-13H2,1H3,(H,21,26). The van der Waals surface area contributed by atoms with Gasteiger partial charge in [-0.1, -0.05) is 0 Å². The molecule has 0 aromatic heterocycles. The van der Waals surface area contributed by atoms with Gasteiger partial charge >= 0.3 is 0 Å². The molecule has 3 amide bonds. The molecule has 0 radical (unpaired) electrons. The summed E-state index contributed by atoms with van der Waals surface area (Å²) >= 11 is 0. The van der Waals surface area contributed by atoms with Crippen molar-refractivity contribution in [3.63, 3.8) is 0 Å². The average Bonchev–Trinajstić information content (AvgIpc) is 3.14. The number of amides is 3. The van der Waals surface area contributed by atoms with E-state index in [1.54, 1.807) is 9.80 Å². The van der Waals surface area contributed by atoms with Crippen LogP contribution in [0.4, 0.5) is 10.1 Å². The number of hydrogen-bond acceptors (Lipinski definition) is 4. The minimum Gasteiger partial charge on any atom is -0.338 e. The molecule has 2 heterocycles. The molecule has 7 nitrogen and oxygen atoms in total. The van der Waals surface area contributed by atoms with E-state index in [2.05, 4.69) is 5.32 Å². The number of anilines is 1. The summed E-state index contributed by atoms with van der Waals surface area (Å²) in [6.07, 6.45) is 1.58. The minimum absolute atomic E-state index is 0.0121. The zero-order valence-electron chi connectivity index (χ0n) is 15.5. The minimum atomic E-state index is -0.348. The van der Waals surface area contributed by atoms with Crippen LogP contribution in [0.25, 0.3) is 0 Å². The summed E-state index contributed by atoms with van der Waals surface area (Å²) < 4.78 is 12.9. The van der Waals surface area contributed by atoms with E-state index in [1.807, 2.05) is 4.90 Å². The summed E-state index contributed by atoms with van der Waals surface area (Å²) in [4.78, 5) is 42.0. The molecular formula is C19H25FN4O3. The van der Waals surface area contributed by atoms with Gasteiger partial charge in [-0.3, -0.25) is 19.3 Å². The van der Waals surface area contributed by atoms with Gasteiger partial charge in [0.25, 0.3) is 0 Å².